The van der Waals surface area contributed by atoms with Crippen LogP contribution in [-0.2, 0) is 4.74 Å². The Morgan fingerprint density at radius 3 is 2.18 bits per heavy atom. The fourth-order valence-corrected chi connectivity index (χ4v) is 2.61. The van der Waals surface area contributed by atoms with E-state index >= 15 is 0 Å². The first-order valence-corrected chi connectivity index (χ1v) is 8.75. The van der Waals surface area contributed by atoms with Crippen molar-refractivity contribution in [2.24, 2.45) is 0 Å². The number of para-hydroxylation sites is 1. The summed E-state index contributed by atoms with van der Waals surface area (Å²) in [6.07, 6.45) is 0. The van der Waals surface area contributed by atoms with E-state index in [0.29, 0.717) is 35.8 Å². The molecule has 3 aromatic rings. The molecule has 0 saturated carbocycles. The lowest BCUT2D eigenvalue weighted by molar-refractivity contribution is 0.0727. The summed E-state index contributed by atoms with van der Waals surface area (Å²) in [4.78, 5) is 12.5. The van der Waals surface area contributed by atoms with Crippen molar-refractivity contribution in [2.45, 2.75) is 0 Å². The molecule has 3 rings (SSSR count). The Hall–Kier alpha value is -3.62. The van der Waals surface area contributed by atoms with E-state index in [1.165, 1.54) is 0 Å². The van der Waals surface area contributed by atoms with Gasteiger partial charge in [-0.15, -0.1) is 0 Å². The monoisotopic (exact) mass is 373 g/mol. The zero-order valence-electron chi connectivity index (χ0n) is 15.4. The molecular weight excluding hydrogens is 354 g/mol. The SMILES string of the molecule is COCCOc1ccccc1C(=O)Oc1ccc(-c2ccc(C#N)cc2)cc1. The molecule has 0 aliphatic carbocycles. The quantitative estimate of drug-likeness (QED) is 0.347. The van der Waals surface area contributed by atoms with Crippen LogP contribution >= 0.6 is 0 Å². The summed E-state index contributed by atoms with van der Waals surface area (Å²) in [5, 5.41) is 8.88. The van der Waals surface area contributed by atoms with Crippen LogP contribution in [0.1, 0.15) is 15.9 Å². The summed E-state index contributed by atoms with van der Waals surface area (Å²) in [7, 11) is 1.59. The largest absolute Gasteiger partial charge is 0.490 e. The highest BCUT2D eigenvalue weighted by Gasteiger charge is 2.14. The van der Waals surface area contributed by atoms with E-state index in [1.54, 1.807) is 55.6 Å². The summed E-state index contributed by atoms with van der Waals surface area (Å²) in [6, 6.07) is 23.5. The third-order valence-electron chi connectivity index (χ3n) is 4.06. The van der Waals surface area contributed by atoms with Crippen LogP contribution < -0.4 is 9.47 Å². The zero-order chi connectivity index (χ0) is 19.8. The predicted molar refractivity (Wildman–Crippen MR) is 105 cm³/mol. The first-order chi connectivity index (χ1) is 13.7. The Balaban J connectivity index is 1.70. The van der Waals surface area contributed by atoms with Crippen molar-refractivity contribution in [3.63, 3.8) is 0 Å². The smallest absolute Gasteiger partial charge is 0.347 e. The second-order valence-electron chi connectivity index (χ2n) is 5.94. The van der Waals surface area contributed by atoms with Crippen LogP contribution in [0, 0.1) is 11.3 Å². The van der Waals surface area contributed by atoms with Crippen LogP contribution in [0.25, 0.3) is 11.1 Å². The number of benzene rings is 3. The van der Waals surface area contributed by atoms with E-state index in [1.807, 2.05) is 24.3 Å². The molecule has 0 saturated heterocycles. The van der Waals surface area contributed by atoms with Gasteiger partial charge in [0.25, 0.3) is 0 Å². The predicted octanol–water partition coefficient (Wildman–Crippen LogP) is 4.47. The fourth-order valence-electron chi connectivity index (χ4n) is 2.61. The highest BCUT2D eigenvalue weighted by atomic mass is 16.5. The Morgan fingerprint density at radius 2 is 1.54 bits per heavy atom. The summed E-state index contributed by atoms with van der Waals surface area (Å²) in [5.41, 5.74) is 2.91. The zero-order valence-corrected chi connectivity index (χ0v) is 15.4. The first-order valence-electron chi connectivity index (χ1n) is 8.75. The lowest BCUT2D eigenvalue weighted by Crippen LogP contribution is -2.12. The molecule has 0 spiro atoms. The Bertz CT molecular complexity index is 973. The van der Waals surface area contributed by atoms with Gasteiger partial charge in [0.05, 0.1) is 18.2 Å². The molecule has 28 heavy (non-hydrogen) atoms. The number of nitriles is 1. The molecule has 5 nitrogen and oxygen atoms in total. The summed E-state index contributed by atoms with van der Waals surface area (Å²) >= 11 is 0. The van der Waals surface area contributed by atoms with Crippen LogP contribution in [0.2, 0.25) is 0 Å². The molecule has 0 heterocycles. The van der Waals surface area contributed by atoms with Gasteiger partial charge in [0.2, 0.25) is 0 Å². The van der Waals surface area contributed by atoms with E-state index in [2.05, 4.69) is 6.07 Å². The molecule has 3 aromatic carbocycles. The lowest BCUT2D eigenvalue weighted by Gasteiger charge is -2.11. The molecule has 0 aliphatic rings. The van der Waals surface area contributed by atoms with Gasteiger partial charge in [-0.3, -0.25) is 0 Å². The van der Waals surface area contributed by atoms with Gasteiger partial charge in [-0.25, -0.2) is 4.79 Å². The van der Waals surface area contributed by atoms with Gasteiger partial charge >= 0.3 is 5.97 Å². The number of ether oxygens (including phenoxy) is 3. The number of carbonyl (C=O) groups is 1. The van der Waals surface area contributed by atoms with Crippen LogP contribution in [0.4, 0.5) is 0 Å². The molecule has 0 fully saturated rings. The number of methoxy groups -OCH3 is 1. The maximum absolute atomic E-state index is 12.5. The van der Waals surface area contributed by atoms with E-state index < -0.39 is 5.97 Å². The molecule has 0 N–H and O–H groups in total. The Kier molecular flexibility index (Phi) is 6.40. The Labute approximate surface area is 163 Å². The van der Waals surface area contributed by atoms with Crippen molar-refractivity contribution in [1.82, 2.24) is 0 Å². The second kappa shape index (κ2) is 9.36. The van der Waals surface area contributed by atoms with Gasteiger partial charge in [-0.1, -0.05) is 36.4 Å². The number of rotatable bonds is 7. The van der Waals surface area contributed by atoms with Crippen LogP contribution in [0.5, 0.6) is 11.5 Å². The van der Waals surface area contributed by atoms with Crippen LogP contribution in [0.15, 0.2) is 72.8 Å². The van der Waals surface area contributed by atoms with Crippen molar-refractivity contribution in [2.75, 3.05) is 20.3 Å². The number of hydrogen-bond acceptors (Lipinski definition) is 5. The fraction of sp³-hybridized carbons (Fsp3) is 0.130. The molecular formula is C23H19NO4. The summed E-state index contributed by atoms with van der Waals surface area (Å²) in [5.74, 6) is 0.409. The summed E-state index contributed by atoms with van der Waals surface area (Å²) < 4.78 is 16.0. The number of nitrogens with zero attached hydrogens (tertiary/aromatic N) is 1. The van der Waals surface area contributed by atoms with Crippen molar-refractivity contribution >= 4 is 5.97 Å². The minimum Gasteiger partial charge on any atom is -0.490 e. The molecule has 0 aromatic heterocycles. The third-order valence-corrected chi connectivity index (χ3v) is 4.06. The summed E-state index contributed by atoms with van der Waals surface area (Å²) in [6.45, 7) is 0.778. The van der Waals surface area contributed by atoms with Gasteiger partial charge in [0, 0.05) is 7.11 Å². The number of carbonyl (C=O) groups excluding carboxylic acids is 1. The van der Waals surface area contributed by atoms with Crippen molar-refractivity contribution < 1.29 is 19.0 Å². The second-order valence-corrected chi connectivity index (χ2v) is 5.94. The third kappa shape index (κ3) is 4.76. The van der Waals surface area contributed by atoms with Crippen molar-refractivity contribution in [3.05, 3.63) is 83.9 Å². The highest BCUT2D eigenvalue weighted by molar-refractivity contribution is 5.94. The van der Waals surface area contributed by atoms with E-state index in [9.17, 15) is 4.79 Å². The van der Waals surface area contributed by atoms with Gasteiger partial charge in [-0.2, -0.15) is 5.26 Å². The van der Waals surface area contributed by atoms with Crippen molar-refractivity contribution in [3.8, 4) is 28.7 Å². The van der Waals surface area contributed by atoms with E-state index in [0.717, 1.165) is 11.1 Å². The molecule has 140 valence electrons. The number of esters is 1. The maximum Gasteiger partial charge on any atom is 0.347 e. The molecule has 0 bridgehead atoms. The minimum atomic E-state index is -0.487. The normalized spacial score (nSPS) is 10.1. The highest BCUT2D eigenvalue weighted by Crippen LogP contribution is 2.25. The van der Waals surface area contributed by atoms with Gasteiger partial charge in [-0.05, 0) is 47.5 Å². The van der Waals surface area contributed by atoms with E-state index in [4.69, 9.17) is 19.5 Å². The lowest BCUT2D eigenvalue weighted by atomic mass is 10.0. The molecule has 5 heteroatoms. The standard InChI is InChI=1S/C23H19NO4/c1-26-14-15-27-22-5-3-2-4-21(22)23(25)28-20-12-10-19(11-13-20)18-8-6-17(16-24)7-9-18/h2-13H,14-15H2,1H3. The minimum absolute atomic E-state index is 0.347. The average molecular weight is 373 g/mol. The maximum atomic E-state index is 12.5. The topological polar surface area (TPSA) is 68.6 Å². The first kappa shape index (κ1) is 19.2. The molecule has 0 radical (unpaired) electrons. The molecule has 0 aliphatic heterocycles. The Morgan fingerprint density at radius 1 is 0.893 bits per heavy atom. The van der Waals surface area contributed by atoms with Crippen LogP contribution in [0.3, 0.4) is 0 Å². The molecule has 0 amide bonds. The van der Waals surface area contributed by atoms with Gasteiger partial charge in [0.1, 0.15) is 23.7 Å². The average Bonchev–Trinajstić information content (AvgIpc) is 2.75. The van der Waals surface area contributed by atoms with E-state index in [-0.39, 0.29) is 0 Å². The van der Waals surface area contributed by atoms with Crippen molar-refractivity contribution in [1.29, 1.82) is 5.26 Å². The van der Waals surface area contributed by atoms with Gasteiger partial charge < -0.3 is 14.2 Å². The number of hydrogen-bond donors (Lipinski definition) is 0. The molecule has 0 atom stereocenters. The van der Waals surface area contributed by atoms with Crippen LogP contribution in [-0.4, -0.2) is 26.3 Å². The van der Waals surface area contributed by atoms with Gasteiger partial charge in [0.15, 0.2) is 0 Å². The molecule has 0 unspecified atom stereocenters.